The van der Waals surface area contributed by atoms with Gasteiger partial charge in [-0.15, -0.1) is 5.10 Å². The average molecular weight is 595 g/mol. The van der Waals surface area contributed by atoms with Crippen molar-refractivity contribution in [3.05, 3.63) is 108 Å². The number of rotatable bonds is 7. The summed E-state index contributed by atoms with van der Waals surface area (Å²) in [6.07, 6.45) is -3.64. The van der Waals surface area contributed by atoms with E-state index in [2.05, 4.69) is 58.3 Å². The van der Waals surface area contributed by atoms with Gasteiger partial charge in [0, 0.05) is 11.3 Å². The van der Waals surface area contributed by atoms with Gasteiger partial charge in [-0.05, 0) is 90.6 Å². The predicted molar refractivity (Wildman–Crippen MR) is 153 cm³/mol. The molecule has 1 heterocycles. The van der Waals surface area contributed by atoms with Crippen LogP contribution in [0, 0.1) is 25.7 Å². The molecule has 1 aliphatic rings. The number of benzene rings is 3. The summed E-state index contributed by atoms with van der Waals surface area (Å²) < 4.78 is 68.6. The zero-order valence-electron chi connectivity index (χ0n) is 23.4. The maximum absolute atomic E-state index is 13.3. The van der Waals surface area contributed by atoms with Crippen LogP contribution in [0.4, 0.5) is 27.6 Å². The van der Waals surface area contributed by atoms with Gasteiger partial charge in [-0.3, -0.25) is 4.79 Å². The van der Waals surface area contributed by atoms with E-state index in [0.717, 1.165) is 34.4 Å². The Morgan fingerprint density at radius 3 is 2.21 bits per heavy atom. The van der Waals surface area contributed by atoms with Crippen molar-refractivity contribution in [1.29, 1.82) is 0 Å². The summed E-state index contributed by atoms with van der Waals surface area (Å²) >= 11 is 0. The molecule has 3 aromatic carbocycles. The van der Waals surface area contributed by atoms with Crippen LogP contribution in [0.15, 0.2) is 91.3 Å². The lowest BCUT2D eigenvalue weighted by atomic mass is 9.82. The van der Waals surface area contributed by atoms with Crippen molar-refractivity contribution in [3.63, 3.8) is 0 Å². The van der Waals surface area contributed by atoms with Crippen LogP contribution in [-0.2, 0) is 4.79 Å². The minimum absolute atomic E-state index is 0.0160. The van der Waals surface area contributed by atoms with Gasteiger partial charge in [0.25, 0.3) is 0 Å². The Kier molecular flexibility index (Phi) is 7.92. The molecule has 2 unspecified atom stereocenters. The highest BCUT2D eigenvalue weighted by Gasteiger charge is 2.61. The maximum atomic E-state index is 13.3. The molecule has 0 saturated heterocycles. The predicted octanol–water partition coefficient (Wildman–Crippen LogP) is 7.93. The van der Waals surface area contributed by atoms with Gasteiger partial charge in [0.1, 0.15) is 12.1 Å². The van der Waals surface area contributed by atoms with E-state index in [0.29, 0.717) is 22.8 Å². The van der Waals surface area contributed by atoms with E-state index in [1.165, 1.54) is 23.1 Å². The Morgan fingerprint density at radius 1 is 0.930 bits per heavy atom. The lowest BCUT2D eigenvalue weighted by Gasteiger charge is -2.24. The average Bonchev–Trinajstić information content (AvgIpc) is 3.44. The Bertz CT molecular complexity index is 1670. The second kappa shape index (κ2) is 11.5. The first kappa shape index (κ1) is 29.7. The molecule has 1 N–H and O–H groups in total. The highest BCUT2D eigenvalue weighted by molar-refractivity contribution is 5.96. The van der Waals surface area contributed by atoms with Crippen LogP contribution < -0.4 is 10.1 Å². The van der Waals surface area contributed by atoms with Crippen LogP contribution in [0.5, 0.6) is 5.75 Å². The van der Waals surface area contributed by atoms with E-state index in [1.54, 1.807) is 24.3 Å². The highest BCUT2D eigenvalue weighted by atomic mass is 19.4. The first-order valence-corrected chi connectivity index (χ1v) is 13.4. The number of halogens is 5. The number of nitrogens with zero attached hydrogens (tertiary/aromatic N) is 3. The summed E-state index contributed by atoms with van der Waals surface area (Å²) in [6.45, 7) is 6.11. The standard InChI is InChI=1S/C32H27F5N4O2/c1-19-7-8-23(28-20(2)5-4-6-21(28)3)17-27(19)30(42)39-24-11-9-22(10-12-24)29-38-18-41(40-29)25-13-15-26(16-14-25)43-32(36,37)31(33,34)35/h4-19,27H,1-3H3,(H,39,42). The number of allylic oxidation sites excluding steroid dienone is 3. The van der Waals surface area contributed by atoms with Crippen LogP contribution in [0.25, 0.3) is 22.6 Å². The number of amides is 1. The smallest absolute Gasteiger partial charge is 0.426 e. The van der Waals surface area contributed by atoms with Crippen LogP contribution in [-0.4, -0.2) is 33.0 Å². The monoisotopic (exact) mass is 594 g/mol. The molecule has 0 saturated carbocycles. The van der Waals surface area contributed by atoms with Crippen molar-refractivity contribution in [2.45, 2.75) is 33.1 Å². The first-order valence-electron chi connectivity index (χ1n) is 13.4. The van der Waals surface area contributed by atoms with Gasteiger partial charge < -0.3 is 10.1 Å². The largest absolute Gasteiger partial charge is 0.499 e. The fraction of sp³-hybridized carbons (Fsp3) is 0.219. The molecular formula is C32H27F5N4O2. The maximum Gasteiger partial charge on any atom is 0.499 e. The SMILES string of the molecule is Cc1cccc(C)c1C1=CC(C(=O)Nc2ccc(-c3ncn(-c4ccc(OC(F)(F)C(F)(F)F)cc4)n3)cc2)C(C)C=C1. The molecule has 5 rings (SSSR count). The second-order valence-corrected chi connectivity index (χ2v) is 10.3. The van der Waals surface area contributed by atoms with E-state index in [-0.39, 0.29) is 17.7 Å². The molecule has 222 valence electrons. The Balaban J connectivity index is 1.26. The number of hydrogen-bond donors (Lipinski definition) is 1. The molecule has 4 aromatic rings. The highest BCUT2D eigenvalue weighted by Crippen LogP contribution is 2.37. The number of alkyl halides is 5. The van der Waals surface area contributed by atoms with Crippen LogP contribution in [0.2, 0.25) is 0 Å². The molecule has 2 atom stereocenters. The lowest BCUT2D eigenvalue weighted by molar-refractivity contribution is -0.360. The molecule has 0 radical (unpaired) electrons. The summed E-state index contributed by atoms with van der Waals surface area (Å²) in [7, 11) is 0. The fourth-order valence-electron chi connectivity index (χ4n) is 4.85. The molecule has 1 amide bonds. The molecule has 43 heavy (non-hydrogen) atoms. The summed E-state index contributed by atoms with van der Waals surface area (Å²) in [4.78, 5) is 17.5. The molecular weight excluding hydrogens is 567 g/mol. The van der Waals surface area contributed by atoms with Crippen molar-refractivity contribution in [2.75, 3.05) is 5.32 Å². The van der Waals surface area contributed by atoms with Crippen molar-refractivity contribution < 1.29 is 31.5 Å². The van der Waals surface area contributed by atoms with Crippen LogP contribution in [0.1, 0.15) is 23.6 Å². The van der Waals surface area contributed by atoms with E-state index >= 15 is 0 Å². The zero-order valence-corrected chi connectivity index (χ0v) is 23.4. The van der Waals surface area contributed by atoms with Gasteiger partial charge in [0.15, 0.2) is 5.82 Å². The molecule has 1 aliphatic carbocycles. The fourth-order valence-corrected chi connectivity index (χ4v) is 4.85. The van der Waals surface area contributed by atoms with Gasteiger partial charge in [-0.25, -0.2) is 9.67 Å². The summed E-state index contributed by atoms with van der Waals surface area (Å²) in [6, 6.07) is 17.6. The number of hydrogen-bond acceptors (Lipinski definition) is 4. The Labute approximate surface area is 244 Å². The molecule has 0 bridgehead atoms. The lowest BCUT2D eigenvalue weighted by Crippen LogP contribution is -2.41. The number of nitrogens with one attached hydrogen (secondary N) is 1. The minimum atomic E-state index is -5.84. The van der Waals surface area contributed by atoms with Crippen molar-refractivity contribution in [3.8, 4) is 22.8 Å². The first-order chi connectivity index (χ1) is 20.3. The zero-order chi connectivity index (χ0) is 30.9. The molecule has 11 heteroatoms. The third kappa shape index (κ3) is 6.35. The number of aryl methyl sites for hydroxylation is 2. The normalized spacial score (nSPS) is 17.0. The summed E-state index contributed by atoms with van der Waals surface area (Å²) in [5, 5.41) is 7.34. The molecule has 0 spiro atoms. The molecule has 6 nitrogen and oxygen atoms in total. The number of ether oxygens (including phenoxy) is 1. The molecule has 0 fully saturated rings. The number of anilines is 1. The van der Waals surface area contributed by atoms with Crippen molar-refractivity contribution in [1.82, 2.24) is 14.8 Å². The van der Waals surface area contributed by atoms with Gasteiger partial charge >= 0.3 is 12.3 Å². The van der Waals surface area contributed by atoms with Crippen LogP contribution >= 0.6 is 0 Å². The van der Waals surface area contributed by atoms with E-state index in [4.69, 9.17) is 0 Å². The number of carbonyl (C=O) groups excluding carboxylic acids is 1. The minimum Gasteiger partial charge on any atom is -0.426 e. The topological polar surface area (TPSA) is 69.0 Å². The third-order valence-corrected chi connectivity index (χ3v) is 7.16. The van der Waals surface area contributed by atoms with Gasteiger partial charge in [-0.2, -0.15) is 22.0 Å². The summed E-state index contributed by atoms with van der Waals surface area (Å²) in [5.74, 6) is -0.778. The van der Waals surface area contributed by atoms with Crippen molar-refractivity contribution in [2.24, 2.45) is 11.8 Å². The summed E-state index contributed by atoms with van der Waals surface area (Å²) in [5.41, 5.74) is 6.06. The van der Waals surface area contributed by atoms with Gasteiger partial charge in [0.05, 0.1) is 11.6 Å². The number of carbonyl (C=O) groups is 1. The Hall–Kier alpha value is -4.80. The van der Waals surface area contributed by atoms with Gasteiger partial charge in [-0.1, -0.05) is 43.4 Å². The molecule has 1 aromatic heterocycles. The van der Waals surface area contributed by atoms with E-state index < -0.39 is 18.0 Å². The Morgan fingerprint density at radius 2 is 1.58 bits per heavy atom. The number of aromatic nitrogens is 3. The second-order valence-electron chi connectivity index (χ2n) is 10.3. The third-order valence-electron chi connectivity index (χ3n) is 7.16. The van der Waals surface area contributed by atoms with E-state index in [1.807, 2.05) is 19.1 Å². The van der Waals surface area contributed by atoms with Crippen LogP contribution in [0.3, 0.4) is 0 Å². The van der Waals surface area contributed by atoms with E-state index in [9.17, 15) is 26.7 Å². The quantitative estimate of drug-likeness (QED) is 0.221. The van der Waals surface area contributed by atoms with Gasteiger partial charge in [0.2, 0.25) is 5.91 Å². The van der Waals surface area contributed by atoms with Crippen molar-refractivity contribution >= 4 is 17.2 Å². The molecule has 0 aliphatic heterocycles.